The quantitative estimate of drug-likeness (QED) is 0.718. The van der Waals surface area contributed by atoms with Gasteiger partial charge in [0.25, 0.3) is 0 Å². The number of carbonyl (C=O) groups is 2. The molecule has 0 aliphatic carbocycles. The molecule has 1 atom stereocenters. The van der Waals surface area contributed by atoms with Crippen molar-refractivity contribution < 1.29 is 18.8 Å². The molecule has 4 heterocycles. The summed E-state index contributed by atoms with van der Waals surface area (Å²) in [6.45, 7) is 5.42. The average Bonchev–Trinajstić information content (AvgIpc) is 3.42. The van der Waals surface area contributed by atoms with Gasteiger partial charge in [0.1, 0.15) is 0 Å². The highest BCUT2D eigenvalue weighted by atomic mass is 16.5. The van der Waals surface area contributed by atoms with Crippen LogP contribution in [0.5, 0.6) is 0 Å². The SMILES string of the molecule is CN1CCN(C(=O)CCc2nc(C3CCCN3C(=O)C3CCOCC3)no2)CC1. The van der Waals surface area contributed by atoms with Crippen molar-refractivity contribution in [1.82, 2.24) is 24.8 Å². The lowest BCUT2D eigenvalue weighted by Gasteiger charge is -2.32. The lowest BCUT2D eigenvalue weighted by atomic mass is 9.98. The van der Waals surface area contributed by atoms with Gasteiger partial charge in [0.05, 0.1) is 6.04 Å². The van der Waals surface area contributed by atoms with Crippen LogP contribution in [0.15, 0.2) is 4.52 Å². The minimum absolute atomic E-state index is 0.0388. The minimum Gasteiger partial charge on any atom is -0.381 e. The van der Waals surface area contributed by atoms with Crippen LogP contribution in [-0.2, 0) is 20.7 Å². The van der Waals surface area contributed by atoms with Crippen LogP contribution >= 0.6 is 0 Å². The first kappa shape index (κ1) is 20.3. The molecule has 0 radical (unpaired) electrons. The minimum atomic E-state index is -0.115. The van der Waals surface area contributed by atoms with E-state index in [9.17, 15) is 9.59 Å². The Labute approximate surface area is 171 Å². The number of hydrogen-bond acceptors (Lipinski definition) is 7. The van der Waals surface area contributed by atoms with Gasteiger partial charge in [-0.3, -0.25) is 9.59 Å². The molecule has 4 rings (SSSR count). The van der Waals surface area contributed by atoms with Crippen molar-refractivity contribution in [2.75, 3.05) is 53.0 Å². The van der Waals surface area contributed by atoms with E-state index in [4.69, 9.17) is 9.26 Å². The van der Waals surface area contributed by atoms with Crippen molar-refractivity contribution in [1.29, 1.82) is 0 Å². The number of ether oxygens (including phenoxy) is 1. The van der Waals surface area contributed by atoms with Crippen molar-refractivity contribution in [2.45, 2.75) is 44.6 Å². The highest BCUT2D eigenvalue weighted by Gasteiger charge is 2.37. The average molecular weight is 405 g/mol. The molecule has 0 spiro atoms. The van der Waals surface area contributed by atoms with Crippen LogP contribution in [0, 0.1) is 5.92 Å². The Kier molecular flexibility index (Phi) is 6.44. The Morgan fingerprint density at radius 2 is 1.83 bits per heavy atom. The molecule has 29 heavy (non-hydrogen) atoms. The summed E-state index contributed by atoms with van der Waals surface area (Å²) < 4.78 is 10.8. The zero-order valence-electron chi connectivity index (χ0n) is 17.2. The van der Waals surface area contributed by atoms with E-state index in [-0.39, 0.29) is 23.8 Å². The smallest absolute Gasteiger partial charge is 0.227 e. The van der Waals surface area contributed by atoms with Gasteiger partial charge in [-0.15, -0.1) is 0 Å². The molecular formula is C20H31N5O4. The number of amides is 2. The fourth-order valence-corrected chi connectivity index (χ4v) is 4.41. The maximum absolute atomic E-state index is 12.9. The molecule has 1 aromatic heterocycles. The largest absolute Gasteiger partial charge is 0.381 e. The van der Waals surface area contributed by atoms with Crippen molar-refractivity contribution >= 4 is 11.8 Å². The summed E-state index contributed by atoms with van der Waals surface area (Å²) in [6, 6.07) is -0.115. The molecule has 2 amide bonds. The zero-order valence-corrected chi connectivity index (χ0v) is 17.2. The maximum atomic E-state index is 12.9. The molecule has 0 N–H and O–H groups in total. The van der Waals surface area contributed by atoms with E-state index in [1.54, 1.807) is 0 Å². The predicted molar refractivity (Wildman–Crippen MR) is 104 cm³/mol. The van der Waals surface area contributed by atoms with Gasteiger partial charge in [0.15, 0.2) is 5.82 Å². The second-order valence-electron chi connectivity index (χ2n) is 8.31. The van der Waals surface area contributed by atoms with Crippen LogP contribution in [-0.4, -0.2) is 89.6 Å². The van der Waals surface area contributed by atoms with Gasteiger partial charge >= 0.3 is 0 Å². The molecule has 3 aliphatic heterocycles. The third-order valence-electron chi connectivity index (χ3n) is 6.30. The van der Waals surface area contributed by atoms with Gasteiger partial charge in [0, 0.05) is 64.7 Å². The van der Waals surface area contributed by atoms with E-state index in [1.807, 2.05) is 9.80 Å². The lowest BCUT2D eigenvalue weighted by Crippen LogP contribution is -2.47. The second-order valence-corrected chi connectivity index (χ2v) is 8.31. The lowest BCUT2D eigenvalue weighted by molar-refractivity contribution is -0.139. The summed E-state index contributed by atoms with van der Waals surface area (Å²) in [6.07, 6.45) is 4.20. The van der Waals surface area contributed by atoms with Crippen LogP contribution in [0.4, 0.5) is 0 Å². The van der Waals surface area contributed by atoms with Gasteiger partial charge in [-0.05, 0) is 32.7 Å². The fourth-order valence-electron chi connectivity index (χ4n) is 4.41. The van der Waals surface area contributed by atoms with Crippen molar-refractivity contribution in [3.63, 3.8) is 0 Å². The summed E-state index contributed by atoms with van der Waals surface area (Å²) in [7, 11) is 2.07. The van der Waals surface area contributed by atoms with E-state index in [2.05, 4.69) is 22.1 Å². The summed E-state index contributed by atoms with van der Waals surface area (Å²) in [5.74, 6) is 1.41. The Morgan fingerprint density at radius 3 is 2.59 bits per heavy atom. The summed E-state index contributed by atoms with van der Waals surface area (Å²) in [5, 5.41) is 4.14. The van der Waals surface area contributed by atoms with Gasteiger partial charge in [-0.1, -0.05) is 5.16 Å². The standard InChI is InChI=1S/C20H31N5O4/c1-23-9-11-24(12-10-23)18(26)5-4-17-21-19(22-29-17)16-3-2-8-25(16)20(27)15-6-13-28-14-7-15/h15-16H,2-14H2,1H3. The first-order chi connectivity index (χ1) is 14.1. The van der Waals surface area contributed by atoms with E-state index >= 15 is 0 Å². The topological polar surface area (TPSA) is 92.0 Å². The van der Waals surface area contributed by atoms with Gasteiger partial charge in [-0.2, -0.15) is 4.98 Å². The van der Waals surface area contributed by atoms with Gasteiger partial charge < -0.3 is 24.0 Å². The number of carbonyl (C=O) groups excluding carboxylic acids is 2. The molecule has 9 nitrogen and oxygen atoms in total. The molecule has 1 aromatic rings. The third-order valence-corrected chi connectivity index (χ3v) is 6.30. The van der Waals surface area contributed by atoms with Crippen LogP contribution in [0.25, 0.3) is 0 Å². The second kappa shape index (κ2) is 9.21. The van der Waals surface area contributed by atoms with E-state index in [0.717, 1.165) is 58.4 Å². The molecular weight excluding hydrogens is 374 g/mol. The highest BCUT2D eigenvalue weighted by molar-refractivity contribution is 5.79. The first-order valence-electron chi connectivity index (χ1n) is 10.8. The normalized spacial score (nSPS) is 24.2. The summed E-state index contributed by atoms with van der Waals surface area (Å²) >= 11 is 0. The summed E-state index contributed by atoms with van der Waals surface area (Å²) in [4.78, 5) is 35.9. The molecule has 3 saturated heterocycles. The Balaban J connectivity index is 1.32. The monoisotopic (exact) mass is 405 g/mol. The number of nitrogens with zero attached hydrogens (tertiary/aromatic N) is 5. The number of piperazine rings is 1. The summed E-state index contributed by atoms with van der Waals surface area (Å²) in [5.41, 5.74) is 0. The van der Waals surface area contributed by atoms with Gasteiger partial charge in [-0.25, -0.2) is 0 Å². The predicted octanol–water partition coefficient (Wildman–Crippen LogP) is 0.866. The molecule has 0 aromatic carbocycles. The van der Waals surface area contributed by atoms with Crippen molar-refractivity contribution in [2.24, 2.45) is 5.92 Å². The number of aryl methyl sites for hydroxylation is 1. The van der Waals surface area contributed by atoms with E-state index in [1.165, 1.54) is 0 Å². The highest BCUT2D eigenvalue weighted by Crippen LogP contribution is 2.33. The van der Waals surface area contributed by atoms with E-state index < -0.39 is 0 Å². The van der Waals surface area contributed by atoms with E-state index in [0.29, 0.717) is 37.8 Å². The van der Waals surface area contributed by atoms with Gasteiger partial charge in [0.2, 0.25) is 17.7 Å². The maximum Gasteiger partial charge on any atom is 0.227 e. The molecule has 0 saturated carbocycles. The first-order valence-corrected chi connectivity index (χ1v) is 10.8. The molecule has 1 unspecified atom stereocenters. The Bertz CT molecular complexity index is 709. The van der Waals surface area contributed by atoms with Crippen molar-refractivity contribution in [3.05, 3.63) is 11.7 Å². The van der Waals surface area contributed by atoms with Crippen LogP contribution in [0.2, 0.25) is 0 Å². The zero-order chi connectivity index (χ0) is 20.2. The number of likely N-dealkylation sites (N-methyl/N-ethyl adjacent to an activating group) is 1. The molecule has 0 bridgehead atoms. The van der Waals surface area contributed by atoms with Crippen molar-refractivity contribution in [3.8, 4) is 0 Å². The Morgan fingerprint density at radius 1 is 1.07 bits per heavy atom. The molecule has 9 heteroatoms. The molecule has 160 valence electrons. The fraction of sp³-hybridized carbons (Fsp3) is 0.800. The molecule has 3 fully saturated rings. The number of rotatable bonds is 5. The Hall–Kier alpha value is -2.00. The molecule has 3 aliphatic rings. The number of likely N-dealkylation sites (tertiary alicyclic amines) is 1. The third kappa shape index (κ3) is 4.78. The number of hydrogen-bond donors (Lipinski definition) is 0. The number of aromatic nitrogens is 2. The van der Waals surface area contributed by atoms with Crippen LogP contribution in [0.3, 0.4) is 0 Å². The van der Waals surface area contributed by atoms with Crippen LogP contribution in [0.1, 0.15) is 49.9 Å². The van der Waals surface area contributed by atoms with Crippen LogP contribution < -0.4 is 0 Å².